The lowest BCUT2D eigenvalue weighted by Crippen LogP contribution is -2.11. The number of rotatable bonds is 2. The molecule has 0 heterocycles. The third-order valence-corrected chi connectivity index (χ3v) is 2.95. The van der Waals surface area contributed by atoms with Crippen molar-refractivity contribution in [1.82, 2.24) is 0 Å². The highest BCUT2D eigenvalue weighted by Crippen LogP contribution is 2.16. The Kier molecular flexibility index (Phi) is 3.82. The zero-order valence-corrected chi connectivity index (χ0v) is 11.1. The van der Waals surface area contributed by atoms with E-state index in [4.69, 9.17) is 11.6 Å². The minimum Gasteiger partial charge on any atom is -0.322 e. The number of carbonyl (C=O) groups excluding carboxylic acids is 1. The van der Waals surface area contributed by atoms with E-state index < -0.39 is 0 Å². The van der Waals surface area contributed by atoms with Gasteiger partial charge in [-0.15, -0.1) is 0 Å². The van der Waals surface area contributed by atoms with Crippen LogP contribution in [-0.4, -0.2) is 5.91 Å². The van der Waals surface area contributed by atoms with E-state index in [2.05, 4.69) is 21.2 Å². The molecule has 2 aromatic rings. The normalized spacial score (nSPS) is 10.0. The van der Waals surface area contributed by atoms with Crippen LogP contribution < -0.4 is 5.32 Å². The topological polar surface area (TPSA) is 29.1 Å². The molecule has 4 heteroatoms. The average Bonchev–Trinajstić information content (AvgIpc) is 2.32. The number of benzene rings is 2. The monoisotopic (exact) mass is 309 g/mol. The predicted octanol–water partition coefficient (Wildman–Crippen LogP) is 4.35. The van der Waals surface area contributed by atoms with E-state index >= 15 is 0 Å². The summed E-state index contributed by atoms with van der Waals surface area (Å²) in [7, 11) is 0. The molecule has 17 heavy (non-hydrogen) atoms. The molecule has 0 fully saturated rings. The van der Waals surface area contributed by atoms with E-state index in [1.807, 2.05) is 24.3 Å². The summed E-state index contributed by atoms with van der Waals surface area (Å²) in [5.41, 5.74) is 1.29. The number of hydrogen-bond acceptors (Lipinski definition) is 1. The van der Waals surface area contributed by atoms with Gasteiger partial charge in [0.05, 0.1) is 0 Å². The molecule has 0 aliphatic rings. The Morgan fingerprint density at radius 1 is 1.12 bits per heavy atom. The molecular formula is C13H9BrClNO. The highest BCUT2D eigenvalue weighted by molar-refractivity contribution is 9.10. The lowest BCUT2D eigenvalue weighted by atomic mass is 10.2. The van der Waals surface area contributed by atoms with Gasteiger partial charge in [-0.2, -0.15) is 0 Å². The summed E-state index contributed by atoms with van der Waals surface area (Å²) < 4.78 is 0.971. The van der Waals surface area contributed by atoms with Crippen molar-refractivity contribution < 1.29 is 4.79 Å². The fraction of sp³-hybridized carbons (Fsp3) is 0. The summed E-state index contributed by atoms with van der Waals surface area (Å²) in [5, 5.41) is 3.34. The first kappa shape index (κ1) is 12.1. The van der Waals surface area contributed by atoms with Crippen molar-refractivity contribution in [3.8, 4) is 0 Å². The molecule has 0 saturated heterocycles. The fourth-order valence-electron chi connectivity index (χ4n) is 1.37. The zero-order valence-electron chi connectivity index (χ0n) is 8.78. The van der Waals surface area contributed by atoms with Crippen LogP contribution in [0, 0.1) is 0 Å². The molecule has 2 aromatic carbocycles. The molecule has 2 nitrogen and oxygen atoms in total. The maximum Gasteiger partial charge on any atom is 0.255 e. The first-order valence-corrected chi connectivity index (χ1v) is 6.15. The molecule has 0 aromatic heterocycles. The van der Waals surface area contributed by atoms with Crippen LogP contribution in [0.1, 0.15) is 10.4 Å². The molecule has 0 bridgehead atoms. The number of nitrogens with one attached hydrogen (secondary N) is 1. The molecule has 0 saturated carbocycles. The first-order chi connectivity index (χ1) is 8.15. The molecule has 0 spiro atoms. The second-order valence-electron chi connectivity index (χ2n) is 3.47. The van der Waals surface area contributed by atoms with Crippen molar-refractivity contribution in [1.29, 1.82) is 0 Å². The Morgan fingerprint density at radius 2 is 1.82 bits per heavy atom. The predicted molar refractivity (Wildman–Crippen MR) is 73.5 cm³/mol. The number of anilines is 1. The Hall–Kier alpha value is -1.32. The maximum absolute atomic E-state index is 11.9. The van der Waals surface area contributed by atoms with Crippen LogP contribution in [0.3, 0.4) is 0 Å². The van der Waals surface area contributed by atoms with Gasteiger partial charge in [-0.05, 0) is 42.5 Å². The average molecular weight is 311 g/mol. The molecule has 86 valence electrons. The van der Waals surface area contributed by atoms with Crippen molar-refractivity contribution in [2.45, 2.75) is 0 Å². The molecule has 2 rings (SSSR count). The van der Waals surface area contributed by atoms with Gasteiger partial charge in [0, 0.05) is 20.7 Å². The second kappa shape index (κ2) is 5.34. The van der Waals surface area contributed by atoms with Gasteiger partial charge in [-0.25, -0.2) is 0 Å². The van der Waals surface area contributed by atoms with Crippen molar-refractivity contribution >= 4 is 39.1 Å². The van der Waals surface area contributed by atoms with Crippen molar-refractivity contribution in [2.75, 3.05) is 5.32 Å². The van der Waals surface area contributed by atoms with Crippen LogP contribution in [0.2, 0.25) is 5.02 Å². The van der Waals surface area contributed by atoms with E-state index in [1.54, 1.807) is 24.3 Å². The Balaban J connectivity index is 2.14. The summed E-state index contributed by atoms with van der Waals surface area (Å²) in [6.07, 6.45) is 0. The highest BCUT2D eigenvalue weighted by atomic mass is 79.9. The Bertz CT molecular complexity index is 539. The largest absolute Gasteiger partial charge is 0.322 e. The molecule has 1 amide bonds. The lowest BCUT2D eigenvalue weighted by Gasteiger charge is -2.05. The quantitative estimate of drug-likeness (QED) is 0.877. The van der Waals surface area contributed by atoms with Gasteiger partial charge in [0.1, 0.15) is 0 Å². The van der Waals surface area contributed by atoms with Gasteiger partial charge in [-0.3, -0.25) is 4.79 Å². The van der Waals surface area contributed by atoms with E-state index in [-0.39, 0.29) is 5.91 Å². The molecule has 1 N–H and O–H groups in total. The molecule has 0 aliphatic heterocycles. The third kappa shape index (κ3) is 3.32. The van der Waals surface area contributed by atoms with Crippen LogP contribution in [0.5, 0.6) is 0 Å². The number of carbonyl (C=O) groups is 1. The maximum atomic E-state index is 11.9. The number of halogens is 2. The highest BCUT2D eigenvalue weighted by Gasteiger charge is 2.05. The second-order valence-corrected chi connectivity index (χ2v) is 4.82. The van der Waals surface area contributed by atoms with Gasteiger partial charge in [0.15, 0.2) is 0 Å². The third-order valence-electron chi connectivity index (χ3n) is 2.19. The Morgan fingerprint density at radius 3 is 2.47 bits per heavy atom. The smallest absolute Gasteiger partial charge is 0.255 e. The fourth-order valence-corrected chi connectivity index (χ4v) is 1.82. The standard InChI is InChI=1S/C13H9BrClNO/c14-10-4-6-12(7-5-10)16-13(17)9-2-1-3-11(15)8-9/h1-8H,(H,16,17). The summed E-state index contributed by atoms with van der Waals surface area (Å²) in [6, 6.07) is 14.2. The molecule has 0 aliphatic carbocycles. The SMILES string of the molecule is O=C(Nc1ccc(Br)cc1)c1cccc(Cl)c1. The molecule has 0 atom stereocenters. The summed E-state index contributed by atoms with van der Waals surface area (Å²) in [6.45, 7) is 0. The minimum atomic E-state index is -0.171. The van der Waals surface area contributed by atoms with Crippen molar-refractivity contribution in [2.24, 2.45) is 0 Å². The summed E-state index contributed by atoms with van der Waals surface area (Å²) >= 11 is 9.16. The first-order valence-electron chi connectivity index (χ1n) is 4.97. The van der Waals surface area contributed by atoms with Gasteiger partial charge >= 0.3 is 0 Å². The van der Waals surface area contributed by atoms with Crippen molar-refractivity contribution in [3.63, 3.8) is 0 Å². The Labute approximate surface area is 113 Å². The van der Waals surface area contributed by atoms with Crippen LogP contribution >= 0.6 is 27.5 Å². The number of hydrogen-bond donors (Lipinski definition) is 1. The van der Waals surface area contributed by atoms with Crippen LogP contribution in [0.25, 0.3) is 0 Å². The van der Waals surface area contributed by atoms with Gasteiger partial charge < -0.3 is 5.32 Å². The van der Waals surface area contributed by atoms with Gasteiger partial charge in [0.2, 0.25) is 0 Å². The summed E-state index contributed by atoms with van der Waals surface area (Å²) in [4.78, 5) is 11.9. The van der Waals surface area contributed by atoms with Crippen LogP contribution in [0.15, 0.2) is 53.0 Å². The van der Waals surface area contributed by atoms with Gasteiger partial charge in [0.25, 0.3) is 5.91 Å². The van der Waals surface area contributed by atoms with E-state index in [0.717, 1.165) is 10.2 Å². The zero-order chi connectivity index (χ0) is 12.3. The molecule has 0 unspecified atom stereocenters. The summed E-state index contributed by atoms with van der Waals surface area (Å²) in [5.74, 6) is -0.171. The lowest BCUT2D eigenvalue weighted by molar-refractivity contribution is 0.102. The van der Waals surface area contributed by atoms with E-state index in [9.17, 15) is 4.79 Å². The van der Waals surface area contributed by atoms with E-state index in [1.165, 1.54) is 0 Å². The van der Waals surface area contributed by atoms with Crippen LogP contribution in [-0.2, 0) is 0 Å². The molecular weight excluding hydrogens is 302 g/mol. The minimum absolute atomic E-state index is 0.171. The van der Waals surface area contributed by atoms with E-state index in [0.29, 0.717) is 10.6 Å². The van der Waals surface area contributed by atoms with Crippen molar-refractivity contribution in [3.05, 3.63) is 63.6 Å². The van der Waals surface area contributed by atoms with Gasteiger partial charge in [-0.1, -0.05) is 33.6 Å². The van der Waals surface area contributed by atoms with Crippen LogP contribution in [0.4, 0.5) is 5.69 Å². The number of amides is 1. The molecule has 0 radical (unpaired) electrons.